The monoisotopic (exact) mass is 469 g/mol. The summed E-state index contributed by atoms with van der Waals surface area (Å²) >= 11 is 0. The average molecular weight is 470 g/mol. The van der Waals surface area contributed by atoms with Crippen LogP contribution in [0.2, 0.25) is 0 Å². The van der Waals surface area contributed by atoms with Crippen molar-refractivity contribution in [2.45, 2.75) is 19.3 Å². The van der Waals surface area contributed by atoms with Gasteiger partial charge in [-0.15, -0.1) is 0 Å². The Bertz CT molecular complexity index is 992. The highest BCUT2D eigenvalue weighted by atomic mass is 16.5. The lowest BCUT2D eigenvalue weighted by atomic mass is 10.0. The third-order valence-electron chi connectivity index (χ3n) is 6.03. The van der Waals surface area contributed by atoms with Crippen molar-refractivity contribution in [1.29, 1.82) is 0 Å². The Labute approximate surface area is 199 Å². The van der Waals surface area contributed by atoms with Crippen LogP contribution in [0.5, 0.6) is 5.75 Å². The number of piperazine rings is 1. The van der Waals surface area contributed by atoms with E-state index < -0.39 is 11.9 Å². The van der Waals surface area contributed by atoms with Crippen LogP contribution in [-0.2, 0) is 20.8 Å². The lowest BCUT2D eigenvalue weighted by Gasteiger charge is -2.37. The van der Waals surface area contributed by atoms with E-state index in [4.69, 9.17) is 24.5 Å². The predicted octanol–water partition coefficient (Wildman–Crippen LogP) is 2.34. The molecule has 0 radical (unpaired) electrons. The van der Waals surface area contributed by atoms with Gasteiger partial charge in [0.1, 0.15) is 5.75 Å². The van der Waals surface area contributed by atoms with E-state index in [1.807, 2.05) is 23.1 Å². The first kappa shape index (κ1) is 25.0. The Kier molecular flexibility index (Phi) is 8.86. The van der Waals surface area contributed by atoms with Crippen LogP contribution in [0.1, 0.15) is 18.4 Å². The van der Waals surface area contributed by atoms with Gasteiger partial charge in [0.15, 0.2) is 0 Å². The first-order valence-electron chi connectivity index (χ1n) is 11.4. The number of hydrogen-bond donors (Lipinski definition) is 2. The fraction of sp³-hybridized carbons (Fsp3) is 0.400. The number of fused-ring (bicyclic) bond motifs is 1. The second-order valence-electron chi connectivity index (χ2n) is 8.14. The van der Waals surface area contributed by atoms with Gasteiger partial charge in [-0.1, -0.05) is 30.3 Å². The van der Waals surface area contributed by atoms with E-state index in [1.54, 1.807) is 7.11 Å². The number of hydrogen-bond acceptors (Lipinski definition) is 6. The highest BCUT2D eigenvalue weighted by molar-refractivity contribution is 6.27. The number of methoxy groups -OCH3 is 1. The summed E-state index contributed by atoms with van der Waals surface area (Å²) in [4.78, 5) is 37.5. The molecule has 4 rings (SSSR count). The molecule has 182 valence electrons. The summed E-state index contributed by atoms with van der Waals surface area (Å²) < 4.78 is 5.50. The number of rotatable bonds is 6. The van der Waals surface area contributed by atoms with Gasteiger partial charge >= 0.3 is 11.9 Å². The van der Waals surface area contributed by atoms with Gasteiger partial charge in [0.05, 0.1) is 12.8 Å². The molecule has 9 heteroatoms. The molecule has 0 unspecified atom stereocenters. The minimum Gasteiger partial charge on any atom is -0.495 e. The number of ether oxygens (including phenoxy) is 1. The van der Waals surface area contributed by atoms with Crippen LogP contribution >= 0.6 is 0 Å². The van der Waals surface area contributed by atoms with Crippen molar-refractivity contribution < 1.29 is 29.3 Å². The van der Waals surface area contributed by atoms with Crippen molar-refractivity contribution >= 4 is 29.2 Å². The lowest BCUT2D eigenvalue weighted by Crippen LogP contribution is -2.47. The van der Waals surface area contributed by atoms with Crippen LogP contribution in [-0.4, -0.2) is 79.3 Å². The zero-order valence-corrected chi connectivity index (χ0v) is 19.4. The van der Waals surface area contributed by atoms with Gasteiger partial charge in [-0.25, -0.2) is 9.59 Å². The molecule has 1 fully saturated rings. The summed E-state index contributed by atoms with van der Waals surface area (Å²) in [5, 5.41) is 14.8. The Hall–Kier alpha value is -3.59. The maximum atomic E-state index is 12.4. The van der Waals surface area contributed by atoms with E-state index in [1.165, 1.54) is 11.3 Å². The number of nitrogens with zero attached hydrogens (tertiary/aromatic N) is 3. The number of benzene rings is 2. The Morgan fingerprint density at radius 3 is 2.12 bits per heavy atom. The van der Waals surface area contributed by atoms with Gasteiger partial charge in [-0.05, 0) is 43.1 Å². The standard InChI is InChI=1S/C23H29N3O2.C2H2O4/c1-28-22-10-5-4-9-21(22)25-17-15-24(16-18-25)13-6-14-26-20-8-3-2-7-19(20)11-12-23(26)27;3-1(4)2(5)6/h2-5,7-10H,6,11-18H2,1H3;(H,3,4)(H,5,6). The molecule has 2 N–H and O–H groups in total. The lowest BCUT2D eigenvalue weighted by molar-refractivity contribution is -0.159. The normalized spacial score (nSPS) is 15.7. The third-order valence-corrected chi connectivity index (χ3v) is 6.03. The van der Waals surface area contributed by atoms with Gasteiger partial charge in [-0.2, -0.15) is 0 Å². The highest BCUT2D eigenvalue weighted by Crippen LogP contribution is 2.29. The van der Waals surface area contributed by atoms with Crippen molar-refractivity contribution in [1.82, 2.24) is 4.90 Å². The topological polar surface area (TPSA) is 111 Å². The minimum absolute atomic E-state index is 0.264. The number of anilines is 2. The maximum Gasteiger partial charge on any atom is 0.414 e. The van der Waals surface area contributed by atoms with Crippen LogP contribution in [0, 0.1) is 0 Å². The number of carbonyl (C=O) groups is 3. The molecule has 1 amide bonds. The van der Waals surface area contributed by atoms with Gasteiger partial charge < -0.3 is 24.7 Å². The quantitative estimate of drug-likeness (QED) is 0.621. The summed E-state index contributed by atoms with van der Waals surface area (Å²) in [6.07, 6.45) is 2.51. The molecule has 2 aromatic rings. The molecule has 2 aliphatic heterocycles. The van der Waals surface area contributed by atoms with Gasteiger partial charge in [0, 0.05) is 44.8 Å². The van der Waals surface area contributed by atoms with E-state index >= 15 is 0 Å². The molecule has 1 saturated heterocycles. The zero-order valence-electron chi connectivity index (χ0n) is 19.4. The Morgan fingerprint density at radius 2 is 1.47 bits per heavy atom. The van der Waals surface area contributed by atoms with Gasteiger partial charge in [-0.3, -0.25) is 9.69 Å². The fourth-order valence-electron chi connectivity index (χ4n) is 4.30. The summed E-state index contributed by atoms with van der Waals surface area (Å²) in [5.41, 5.74) is 3.59. The molecule has 0 bridgehead atoms. The molecule has 2 heterocycles. The summed E-state index contributed by atoms with van der Waals surface area (Å²) in [5.74, 6) is -2.44. The average Bonchev–Trinajstić information content (AvgIpc) is 2.86. The zero-order chi connectivity index (χ0) is 24.5. The molecular formula is C25H31N3O6. The van der Waals surface area contributed by atoms with Crippen molar-refractivity contribution in [2.24, 2.45) is 0 Å². The second kappa shape index (κ2) is 12.0. The van der Waals surface area contributed by atoms with Crippen LogP contribution in [0.3, 0.4) is 0 Å². The van der Waals surface area contributed by atoms with Gasteiger partial charge in [0.2, 0.25) is 5.91 Å². The number of carboxylic acids is 2. The number of aliphatic carboxylic acids is 2. The molecule has 0 aromatic heterocycles. The number of carboxylic acid groups (broad SMARTS) is 2. The van der Waals surface area contributed by atoms with Crippen LogP contribution < -0.4 is 14.5 Å². The summed E-state index contributed by atoms with van der Waals surface area (Å²) in [6, 6.07) is 16.6. The van der Waals surface area contributed by atoms with Crippen molar-refractivity contribution in [2.75, 3.05) is 56.2 Å². The van der Waals surface area contributed by atoms with E-state index in [9.17, 15) is 4.79 Å². The molecule has 0 atom stereocenters. The molecule has 9 nitrogen and oxygen atoms in total. The molecule has 34 heavy (non-hydrogen) atoms. The maximum absolute atomic E-state index is 12.4. The van der Waals surface area contributed by atoms with E-state index in [0.717, 1.165) is 63.5 Å². The molecule has 0 spiro atoms. The van der Waals surface area contributed by atoms with Gasteiger partial charge in [0.25, 0.3) is 0 Å². The van der Waals surface area contributed by atoms with E-state index in [0.29, 0.717) is 6.42 Å². The predicted molar refractivity (Wildman–Crippen MR) is 129 cm³/mol. The van der Waals surface area contributed by atoms with Crippen LogP contribution in [0.25, 0.3) is 0 Å². The SMILES string of the molecule is COc1ccccc1N1CCN(CCCN2C(=O)CCc3ccccc32)CC1.O=C(O)C(=O)O. The van der Waals surface area contributed by atoms with Crippen molar-refractivity contribution in [3.8, 4) is 5.75 Å². The number of carbonyl (C=O) groups excluding carboxylic acids is 1. The Balaban J connectivity index is 0.000000481. The second-order valence-corrected chi connectivity index (χ2v) is 8.14. The fourth-order valence-corrected chi connectivity index (χ4v) is 4.30. The van der Waals surface area contributed by atoms with E-state index in [-0.39, 0.29) is 5.91 Å². The minimum atomic E-state index is -1.82. The smallest absolute Gasteiger partial charge is 0.414 e. The van der Waals surface area contributed by atoms with Crippen molar-refractivity contribution in [3.05, 3.63) is 54.1 Å². The molecule has 2 aliphatic rings. The number of para-hydroxylation sites is 3. The number of amides is 1. The largest absolute Gasteiger partial charge is 0.495 e. The Morgan fingerprint density at radius 1 is 0.853 bits per heavy atom. The molecular weight excluding hydrogens is 438 g/mol. The molecule has 0 saturated carbocycles. The highest BCUT2D eigenvalue weighted by Gasteiger charge is 2.24. The first-order chi connectivity index (χ1) is 16.4. The molecule has 2 aromatic carbocycles. The van der Waals surface area contributed by atoms with Crippen LogP contribution in [0.15, 0.2) is 48.5 Å². The molecule has 0 aliphatic carbocycles. The third kappa shape index (κ3) is 6.48. The van der Waals surface area contributed by atoms with Crippen molar-refractivity contribution in [3.63, 3.8) is 0 Å². The summed E-state index contributed by atoms with van der Waals surface area (Å²) in [6.45, 7) is 5.94. The number of aryl methyl sites for hydroxylation is 1. The van der Waals surface area contributed by atoms with Crippen LogP contribution in [0.4, 0.5) is 11.4 Å². The van der Waals surface area contributed by atoms with E-state index in [2.05, 4.69) is 40.1 Å². The first-order valence-corrected chi connectivity index (χ1v) is 11.4. The summed E-state index contributed by atoms with van der Waals surface area (Å²) in [7, 11) is 1.73.